The van der Waals surface area contributed by atoms with Crippen molar-refractivity contribution in [2.75, 3.05) is 0 Å². The summed E-state index contributed by atoms with van der Waals surface area (Å²) >= 11 is 0. The van der Waals surface area contributed by atoms with Gasteiger partial charge in [-0.3, -0.25) is 0 Å². The lowest BCUT2D eigenvalue weighted by Gasteiger charge is -2.44. The first kappa shape index (κ1) is 25.7. The molecule has 0 radical (unpaired) electrons. The zero-order valence-electron chi connectivity index (χ0n) is 21.9. The lowest BCUT2D eigenvalue weighted by Crippen LogP contribution is -2.74. The van der Waals surface area contributed by atoms with Crippen LogP contribution in [-0.2, 0) is 0 Å². The predicted octanol–water partition coefficient (Wildman–Crippen LogP) is 5.22. The highest BCUT2D eigenvalue weighted by Crippen LogP contribution is 2.12. The van der Waals surface area contributed by atoms with E-state index in [-0.39, 0.29) is 0 Å². The van der Waals surface area contributed by atoms with Gasteiger partial charge >= 0.3 is 0 Å². The Morgan fingerprint density at radius 1 is 0.361 bits per heavy atom. The Bertz CT molecular complexity index is 1180. The van der Waals surface area contributed by atoms with Crippen molar-refractivity contribution in [2.45, 2.75) is 27.7 Å². The van der Waals surface area contributed by atoms with Crippen molar-refractivity contribution in [3.05, 3.63) is 150 Å². The van der Waals surface area contributed by atoms with E-state index in [1.165, 1.54) is 49.4 Å². The SMILES string of the molecule is Cc1ccc([B-](c2ccc(C)cc2)(c2ccc(C)cc2)c2ccc(C)cc2)cc1.[PH3+]c1ccccc1. The first-order chi connectivity index (χ1) is 17.4. The van der Waals surface area contributed by atoms with Crippen molar-refractivity contribution >= 4 is 42.5 Å². The van der Waals surface area contributed by atoms with Crippen LogP contribution in [0.2, 0.25) is 0 Å². The minimum absolute atomic E-state index is 1.27. The number of hydrogen-bond donors (Lipinski definition) is 0. The van der Waals surface area contributed by atoms with E-state index >= 15 is 0 Å². The minimum atomic E-state index is -1.27. The summed E-state index contributed by atoms with van der Waals surface area (Å²) in [6.45, 7) is 8.62. The summed E-state index contributed by atoms with van der Waals surface area (Å²) in [5.41, 5.74) is 10.6. The van der Waals surface area contributed by atoms with E-state index in [1.54, 1.807) is 0 Å². The Labute approximate surface area is 219 Å². The zero-order valence-corrected chi connectivity index (χ0v) is 23.3. The topological polar surface area (TPSA) is 0 Å². The molecule has 0 amide bonds. The van der Waals surface area contributed by atoms with E-state index in [0.29, 0.717) is 0 Å². The van der Waals surface area contributed by atoms with Gasteiger partial charge in [0.1, 0.15) is 6.15 Å². The molecule has 0 nitrogen and oxygen atoms in total. The summed E-state index contributed by atoms with van der Waals surface area (Å²) in [6, 6.07) is 46.7. The summed E-state index contributed by atoms with van der Waals surface area (Å²) in [5, 5.41) is 1.35. The lowest BCUT2D eigenvalue weighted by molar-refractivity contribution is 1.46. The van der Waals surface area contributed by atoms with Gasteiger partial charge in [-0.05, 0) is 39.8 Å². The van der Waals surface area contributed by atoms with Crippen LogP contribution < -0.4 is 27.2 Å². The van der Waals surface area contributed by atoms with Gasteiger partial charge in [-0.2, -0.15) is 21.9 Å². The molecule has 0 bridgehead atoms. The van der Waals surface area contributed by atoms with Gasteiger partial charge in [-0.1, -0.05) is 138 Å². The van der Waals surface area contributed by atoms with Crippen molar-refractivity contribution in [3.63, 3.8) is 0 Å². The highest BCUT2D eigenvalue weighted by Gasteiger charge is 2.31. The fraction of sp³-hybridized carbons (Fsp3) is 0.118. The Hall–Kier alpha value is -3.41. The first-order valence-corrected chi connectivity index (χ1v) is 13.4. The van der Waals surface area contributed by atoms with E-state index in [0.717, 1.165) is 0 Å². The molecule has 0 saturated carbocycles. The largest absolute Gasteiger partial charge is 0.195 e. The quantitative estimate of drug-likeness (QED) is 0.242. The maximum Gasteiger partial charge on any atom is 0.108 e. The standard InChI is InChI=1S/C28H28B.C6H7P/c1-21-5-13-25(14-6-21)29(26-15-7-22(2)8-16-26,27-17-9-23(3)10-18-27)28-19-11-24(4)12-20-28;7-6-4-2-1-3-5-6/h5-20H,1-4H3;1-5H,7H2/q-1;/p+1. The molecule has 0 fully saturated rings. The smallest absolute Gasteiger partial charge is 0.108 e. The summed E-state index contributed by atoms with van der Waals surface area (Å²) in [4.78, 5) is 0. The third kappa shape index (κ3) is 5.70. The molecule has 5 aromatic carbocycles. The maximum absolute atomic E-state index is 2.31. The summed E-state index contributed by atoms with van der Waals surface area (Å²) in [5.74, 6) is 0. The summed E-state index contributed by atoms with van der Waals surface area (Å²) < 4.78 is 0. The zero-order chi connectivity index (χ0) is 25.5. The average molecular weight is 486 g/mol. The molecule has 0 heterocycles. The van der Waals surface area contributed by atoms with E-state index < -0.39 is 6.15 Å². The van der Waals surface area contributed by atoms with Gasteiger partial charge in [0.25, 0.3) is 0 Å². The molecule has 5 aromatic rings. The second-order valence-corrected chi connectivity index (χ2v) is 10.8. The minimum Gasteiger partial charge on any atom is -0.195 e. The van der Waals surface area contributed by atoms with Gasteiger partial charge < -0.3 is 0 Å². The van der Waals surface area contributed by atoms with Crippen LogP contribution in [0.4, 0.5) is 0 Å². The number of aryl methyl sites for hydroxylation is 4. The van der Waals surface area contributed by atoms with Gasteiger partial charge in [0.05, 0.1) is 5.30 Å². The molecule has 36 heavy (non-hydrogen) atoms. The normalized spacial score (nSPS) is 11.0. The second kappa shape index (κ2) is 11.6. The summed E-state index contributed by atoms with van der Waals surface area (Å²) in [6.07, 6.45) is -1.27. The third-order valence-electron chi connectivity index (χ3n) is 7.15. The van der Waals surface area contributed by atoms with Crippen LogP contribution in [0.5, 0.6) is 0 Å². The molecule has 1 unspecified atom stereocenters. The van der Waals surface area contributed by atoms with Gasteiger partial charge in [0.2, 0.25) is 0 Å². The third-order valence-corrected chi connectivity index (χ3v) is 7.62. The summed E-state index contributed by atoms with van der Waals surface area (Å²) in [7, 11) is 1.90. The van der Waals surface area contributed by atoms with E-state index in [1.807, 2.05) is 27.4 Å². The van der Waals surface area contributed by atoms with E-state index in [9.17, 15) is 0 Å². The molecular weight excluding hydrogens is 450 g/mol. The van der Waals surface area contributed by atoms with Gasteiger partial charge in [-0.25, -0.2) is 0 Å². The van der Waals surface area contributed by atoms with E-state index in [4.69, 9.17) is 0 Å². The highest BCUT2D eigenvalue weighted by molar-refractivity contribution is 7.27. The fourth-order valence-corrected chi connectivity index (χ4v) is 5.33. The van der Waals surface area contributed by atoms with Crippen LogP contribution >= 0.6 is 9.24 Å². The molecule has 0 N–H and O–H groups in total. The molecule has 0 aromatic heterocycles. The Balaban J connectivity index is 0.000000375. The van der Waals surface area contributed by atoms with Crippen molar-refractivity contribution in [2.24, 2.45) is 0 Å². The Morgan fingerprint density at radius 3 is 0.806 bits per heavy atom. The van der Waals surface area contributed by atoms with Crippen LogP contribution in [0.1, 0.15) is 22.3 Å². The number of benzene rings is 5. The van der Waals surface area contributed by atoms with Crippen LogP contribution in [0.15, 0.2) is 127 Å². The molecule has 0 saturated heterocycles. The second-order valence-electron chi connectivity index (χ2n) is 9.99. The monoisotopic (exact) mass is 486 g/mol. The lowest BCUT2D eigenvalue weighted by atomic mass is 9.13. The molecule has 0 spiro atoms. The van der Waals surface area contributed by atoms with Crippen LogP contribution in [0, 0.1) is 27.7 Å². The van der Waals surface area contributed by atoms with Crippen LogP contribution in [-0.4, -0.2) is 6.15 Å². The molecular formula is C34H36BP. The fourth-order valence-electron chi connectivity index (χ4n) is 5.05. The van der Waals surface area contributed by atoms with Gasteiger partial charge in [0, 0.05) is 9.24 Å². The Kier molecular flexibility index (Phi) is 8.24. The van der Waals surface area contributed by atoms with Crippen molar-refractivity contribution in [1.82, 2.24) is 0 Å². The number of hydrogen-bond acceptors (Lipinski definition) is 0. The molecule has 1 atom stereocenters. The molecule has 5 rings (SSSR count). The van der Waals surface area contributed by atoms with Crippen LogP contribution in [0.3, 0.4) is 0 Å². The number of rotatable bonds is 4. The molecule has 180 valence electrons. The Morgan fingerprint density at radius 2 is 0.611 bits per heavy atom. The predicted molar refractivity (Wildman–Crippen MR) is 166 cm³/mol. The van der Waals surface area contributed by atoms with Gasteiger partial charge in [0.15, 0.2) is 0 Å². The molecule has 0 aliphatic carbocycles. The van der Waals surface area contributed by atoms with Crippen molar-refractivity contribution in [1.29, 1.82) is 0 Å². The van der Waals surface area contributed by atoms with E-state index in [2.05, 4.69) is 137 Å². The van der Waals surface area contributed by atoms with Crippen LogP contribution in [0.25, 0.3) is 0 Å². The molecule has 2 heteroatoms. The van der Waals surface area contributed by atoms with Crippen molar-refractivity contribution in [3.8, 4) is 0 Å². The highest BCUT2D eigenvalue weighted by atomic mass is 31.0. The van der Waals surface area contributed by atoms with Gasteiger partial charge in [-0.15, -0.1) is 0 Å². The van der Waals surface area contributed by atoms with Crippen molar-refractivity contribution < 1.29 is 0 Å². The molecule has 0 aliphatic rings. The molecule has 0 aliphatic heterocycles. The first-order valence-electron chi connectivity index (χ1n) is 12.7. The maximum atomic E-state index is 2.31. The average Bonchev–Trinajstić information content (AvgIpc) is 2.89.